The molecule has 0 amide bonds. The third kappa shape index (κ3) is 3.60. The molecule has 2 rings (SSSR count). The summed E-state index contributed by atoms with van der Waals surface area (Å²) in [5.74, 6) is 0. The van der Waals surface area contributed by atoms with Crippen molar-refractivity contribution in [1.29, 1.82) is 0 Å². The highest BCUT2D eigenvalue weighted by molar-refractivity contribution is 7.91. The van der Waals surface area contributed by atoms with Crippen LogP contribution in [0.5, 0.6) is 0 Å². The molecule has 0 saturated heterocycles. The van der Waals surface area contributed by atoms with Gasteiger partial charge in [0.25, 0.3) is 0 Å². The Morgan fingerprint density at radius 3 is 2.57 bits per heavy atom. The summed E-state index contributed by atoms with van der Waals surface area (Å²) in [6.45, 7) is -0.00905. The van der Waals surface area contributed by atoms with Gasteiger partial charge in [0, 0.05) is 18.1 Å². The number of aromatic nitrogens is 2. The minimum Gasteiger partial charge on any atom is -0.398 e. The van der Waals surface area contributed by atoms with Crippen LogP contribution in [0.25, 0.3) is 0 Å². The summed E-state index contributed by atoms with van der Waals surface area (Å²) >= 11 is 0. The maximum atomic E-state index is 12.2. The topological polar surface area (TPSA) is 135 Å². The molecule has 0 aliphatic carbocycles. The summed E-state index contributed by atoms with van der Waals surface area (Å²) < 4.78 is 49.7. The minimum absolute atomic E-state index is 0.00905. The normalized spacial score (nSPS) is 12.4. The van der Waals surface area contributed by atoms with Crippen molar-refractivity contribution in [3.63, 3.8) is 0 Å². The molecule has 1 aromatic heterocycles. The third-order valence-electron chi connectivity index (χ3n) is 2.71. The number of imidazole rings is 1. The summed E-state index contributed by atoms with van der Waals surface area (Å²) in [7, 11) is -7.46. The zero-order valence-electron chi connectivity index (χ0n) is 11.1. The van der Waals surface area contributed by atoms with Gasteiger partial charge in [-0.25, -0.2) is 26.5 Å². The lowest BCUT2D eigenvalue weighted by atomic mass is 10.3. The molecule has 8 nitrogen and oxygen atoms in total. The second-order valence-corrected chi connectivity index (χ2v) is 8.12. The molecule has 0 radical (unpaired) electrons. The number of rotatable bonds is 5. The molecule has 0 saturated carbocycles. The number of nitrogens with zero attached hydrogens (tertiary/aromatic N) is 1. The molecule has 0 unspecified atom stereocenters. The maximum Gasteiger partial charge on any atom is 0.243 e. The fourth-order valence-electron chi connectivity index (χ4n) is 1.61. The summed E-state index contributed by atoms with van der Waals surface area (Å²) in [5, 5.41) is 0. The second-order valence-electron chi connectivity index (χ2n) is 4.37. The lowest BCUT2D eigenvalue weighted by molar-refractivity contribution is 0.580. The summed E-state index contributed by atoms with van der Waals surface area (Å²) in [5.41, 5.74) is 6.17. The van der Waals surface area contributed by atoms with E-state index in [1.54, 1.807) is 0 Å². The molecule has 0 aliphatic heterocycles. The first-order valence-electron chi connectivity index (χ1n) is 5.76. The Morgan fingerprint density at radius 1 is 1.29 bits per heavy atom. The van der Waals surface area contributed by atoms with Gasteiger partial charge in [-0.3, -0.25) is 0 Å². The number of anilines is 1. The number of sulfonamides is 1. The summed E-state index contributed by atoms with van der Waals surface area (Å²) in [6, 6.07) is 3.56. The van der Waals surface area contributed by atoms with Gasteiger partial charge in [-0.2, -0.15) is 0 Å². The third-order valence-corrected chi connectivity index (χ3v) is 5.28. The smallest absolute Gasteiger partial charge is 0.243 e. The zero-order valence-corrected chi connectivity index (χ0v) is 12.7. The van der Waals surface area contributed by atoms with Gasteiger partial charge in [0.2, 0.25) is 10.0 Å². The largest absolute Gasteiger partial charge is 0.398 e. The number of sulfone groups is 1. The van der Waals surface area contributed by atoms with Crippen LogP contribution < -0.4 is 10.5 Å². The van der Waals surface area contributed by atoms with E-state index in [0.717, 1.165) is 12.3 Å². The van der Waals surface area contributed by atoms with Crippen LogP contribution >= 0.6 is 0 Å². The number of H-pyrrole nitrogens is 1. The lowest BCUT2D eigenvalue weighted by Gasteiger charge is -2.10. The molecule has 114 valence electrons. The van der Waals surface area contributed by atoms with Gasteiger partial charge in [0.05, 0.1) is 23.5 Å². The van der Waals surface area contributed by atoms with Crippen molar-refractivity contribution in [3.05, 3.63) is 36.4 Å². The van der Waals surface area contributed by atoms with E-state index in [-0.39, 0.29) is 22.0 Å². The average Bonchev–Trinajstić information content (AvgIpc) is 2.88. The predicted molar refractivity (Wildman–Crippen MR) is 76.6 cm³/mol. The molecule has 1 aromatic carbocycles. The monoisotopic (exact) mass is 330 g/mol. The van der Waals surface area contributed by atoms with E-state index in [9.17, 15) is 16.8 Å². The number of nitrogens with two attached hydrogens (primary N) is 1. The Labute approximate surface area is 122 Å². The van der Waals surface area contributed by atoms with Gasteiger partial charge < -0.3 is 10.7 Å². The molecular weight excluding hydrogens is 316 g/mol. The Balaban J connectivity index is 2.35. The van der Waals surface area contributed by atoms with Crippen LogP contribution in [0.3, 0.4) is 0 Å². The molecule has 0 fully saturated rings. The summed E-state index contributed by atoms with van der Waals surface area (Å²) in [6.07, 6.45) is 3.88. The van der Waals surface area contributed by atoms with Gasteiger partial charge in [0.15, 0.2) is 9.84 Å². The highest BCUT2D eigenvalue weighted by Gasteiger charge is 2.20. The molecule has 1 heterocycles. The van der Waals surface area contributed by atoms with Crippen molar-refractivity contribution in [2.24, 2.45) is 0 Å². The Morgan fingerprint density at radius 2 is 2.00 bits per heavy atom. The molecule has 10 heteroatoms. The van der Waals surface area contributed by atoms with E-state index in [4.69, 9.17) is 5.73 Å². The van der Waals surface area contributed by atoms with E-state index in [1.807, 2.05) is 0 Å². The van der Waals surface area contributed by atoms with Gasteiger partial charge >= 0.3 is 0 Å². The zero-order chi connectivity index (χ0) is 15.7. The molecule has 21 heavy (non-hydrogen) atoms. The van der Waals surface area contributed by atoms with Crippen LogP contribution in [-0.4, -0.2) is 33.1 Å². The fourth-order valence-corrected chi connectivity index (χ4v) is 3.49. The van der Waals surface area contributed by atoms with Gasteiger partial charge in [-0.05, 0) is 18.2 Å². The van der Waals surface area contributed by atoms with Crippen LogP contribution in [0.4, 0.5) is 5.69 Å². The number of nitrogen functional groups attached to an aromatic ring is 1. The molecular formula is C11H14N4O4S2. The van der Waals surface area contributed by atoms with E-state index in [2.05, 4.69) is 14.7 Å². The molecule has 0 bridgehead atoms. The van der Waals surface area contributed by atoms with Crippen LogP contribution in [0.2, 0.25) is 0 Å². The van der Waals surface area contributed by atoms with Crippen LogP contribution in [0, 0.1) is 0 Å². The first-order chi connectivity index (χ1) is 9.70. The summed E-state index contributed by atoms with van der Waals surface area (Å²) in [4.78, 5) is 6.13. The van der Waals surface area contributed by atoms with E-state index in [1.165, 1.54) is 24.7 Å². The van der Waals surface area contributed by atoms with E-state index >= 15 is 0 Å². The first kappa shape index (κ1) is 15.5. The van der Waals surface area contributed by atoms with Crippen molar-refractivity contribution in [1.82, 2.24) is 14.7 Å². The van der Waals surface area contributed by atoms with Gasteiger partial charge in [0.1, 0.15) is 4.90 Å². The molecule has 0 spiro atoms. The van der Waals surface area contributed by atoms with E-state index < -0.39 is 19.9 Å². The Hall–Kier alpha value is -1.91. The number of hydrogen-bond donors (Lipinski definition) is 3. The number of nitrogens with one attached hydrogen (secondary N) is 2. The average molecular weight is 330 g/mol. The highest BCUT2D eigenvalue weighted by Crippen LogP contribution is 2.22. The minimum atomic E-state index is -3.94. The molecule has 2 aromatic rings. The maximum absolute atomic E-state index is 12.2. The van der Waals surface area contributed by atoms with Gasteiger partial charge in [-0.1, -0.05) is 0 Å². The van der Waals surface area contributed by atoms with Crippen molar-refractivity contribution in [2.75, 3.05) is 12.0 Å². The number of benzene rings is 1. The standard InChI is InChI=1S/C11H14N4O4S2/c1-20(16,17)9-2-3-10(12)11(4-9)21(18,19)15-6-8-5-13-7-14-8/h2-5,7,15H,6,12H2,1H3,(H,13,14). The second kappa shape index (κ2) is 5.47. The Kier molecular flexibility index (Phi) is 4.03. The molecule has 4 N–H and O–H groups in total. The number of hydrogen-bond acceptors (Lipinski definition) is 6. The van der Waals surface area contributed by atoms with Crippen molar-refractivity contribution >= 4 is 25.5 Å². The Bertz CT molecular complexity index is 842. The molecule has 0 aliphatic rings. The van der Waals surface area contributed by atoms with Gasteiger partial charge in [-0.15, -0.1) is 0 Å². The van der Waals surface area contributed by atoms with Crippen LogP contribution in [-0.2, 0) is 26.4 Å². The van der Waals surface area contributed by atoms with E-state index in [0.29, 0.717) is 5.69 Å². The highest BCUT2D eigenvalue weighted by atomic mass is 32.2. The van der Waals surface area contributed by atoms with Crippen molar-refractivity contribution in [3.8, 4) is 0 Å². The quantitative estimate of drug-likeness (QED) is 0.654. The van der Waals surface area contributed by atoms with Crippen molar-refractivity contribution < 1.29 is 16.8 Å². The van der Waals surface area contributed by atoms with Crippen molar-refractivity contribution in [2.45, 2.75) is 16.3 Å². The lowest BCUT2D eigenvalue weighted by Crippen LogP contribution is -2.24. The SMILES string of the molecule is CS(=O)(=O)c1ccc(N)c(S(=O)(=O)NCc2cnc[nH]2)c1. The first-order valence-corrected chi connectivity index (χ1v) is 9.14. The van der Waals surface area contributed by atoms with Crippen LogP contribution in [0.15, 0.2) is 40.5 Å². The van der Waals surface area contributed by atoms with Crippen LogP contribution in [0.1, 0.15) is 5.69 Å². The fraction of sp³-hybridized carbons (Fsp3) is 0.182. The molecule has 0 atom stereocenters. The predicted octanol–water partition coefficient (Wildman–Crippen LogP) is -0.126. The number of aromatic amines is 1.